The van der Waals surface area contributed by atoms with Crippen molar-refractivity contribution in [2.45, 2.75) is 38.4 Å². The summed E-state index contributed by atoms with van der Waals surface area (Å²) in [5.41, 5.74) is -0.856. The first-order chi connectivity index (χ1) is 17.3. The number of rotatable bonds is 7. The number of imidazole rings is 1. The summed E-state index contributed by atoms with van der Waals surface area (Å²) >= 11 is 5.89. The van der Waals surface area contributed by atoms with Gasteiger partial charge in [0.15, 0.2) is 17.8 Å². The van der Waals surface area contributed by atoms with Crippen molar-refractivity contribution >= 4 is 11.6 Å². The first-order valence-electron chi connectivity index (χ1n) is 10.7. The van der Waals surface area contributed by atoms with E-state index in [1.165, 1.54) is 37.4 Å². The maximum atomic E-state index is 14.4. The number of benzene rings is 2. The van der Waals surface area contributed by atoms with E-state index in [0.717, 1.165) is 32.0 Å². The molecule has 0 aliphatic rings. The Hall–Kier alpha value is -3.55. The fourth-order valence-electron chi connectivity index (χ4n) is 3.63. The van der Waals surface area contributed by atoms with Crippen molar-refractivity contribution in [3.63, 3.8) is 0 Å². The molecule has 4 aromatic rings. The van der Waals surface area contributed by atoms with Gasteiger partial charge in [0.05, 0.1) is 18.8 Å². The second kappa shape index (κ2) is 10.1. The first kappa shape index (κ1) is 26.5. The second-order valence-electron chi connectivity index (χ2n) is 8.17. The minimum Gasteiger partial charge on any atom is -0.385 e. The summed E-state index contributed by atoms with van der Waals surface area (Å²) in [6, 6.07) is 8.55. The van der Waals surface area contributed by atoms with E-state index >= 15 is 0 Å². The van der Waals surface area contributed by atoms with Crippen LogP contribution >= 0.6 is 11.6 Å². The van der Waals surface area contributed by atoms with Crippen LogP contribution in [-0.2, 0) is 13.1 Å². The third-order valence-electron chi connectivity index (χ3n) is 5.42. The van der Waals surface area contributed by atoms with Crippen LogP contribution in [0, 0.1) is 11.6 Å². The normalized spacial score (nSPS) is 13.6. The van der Waals surface area contributed by atoms with Gasteiger partial charge in [-0.3, -0.25) is 9.13 Å². The number of nitrogens with zero attached hydrogens (tertiary/aromatic N) is 5. The van der Waals surface area contributed by atoms with Crippen LogP contribution in [0.25, 0.3) is 16.9 Å². The molecule has 2 atom stereocenters. The lowest BCUT2D eigenvalue weighted by Crippen LogP contribution is -2.37. The molecule has 0 radical (unpaired) electrons. The fourth-order valence-corrected chi connectivity index (χ4v) is 3.76. The van der Waals surface area contributed by atoms with E-state index in [-0.39, 0.29) is 23.0 Å². The molecule has 0 amide bonds. The van der Waals surface area contributed by atoms with Crippen molar-refractivity contribution in [3.05, 3.63) is 87.5 Å². The number of alkyl halides is 3. The smallest absolute Gasteiger partial charge is 0.385 e. The summed E-state index contributed by atoms with van der Waals surface area (Å²) in [5, 5.41) is 24.2. The van der Waals surface area contributed by atoms with Gasteiger partial charge in [-0.25, -0.2) is 23.2 Å². The summed E-state index contributed by atoms with van der Waals surface area (Å²) in [7, 11) is 0. The predicted molar refractivity (Wildman–Crippen MR) is 122 cm³/mol. The molecule has 0 aliphatic heterocycles. The summed E-state index contributed by atoms with van der Waals surface area (Å²) in [6.07, 6.45) is -7.81. The van der Waals surface area contributed by atoms with Gasteiger partial charge in [0, 0.05) is 17.3 Å². The Kier molecular flexibility index (Phi) is 7.22. The van der Waals surface area contributed by atoms with Crippen molar-refractivity contribution in [2.24, 2.45) is 0 Å². The van der Waals surface area contributed by atoms with E-state index in [4.69, 9.17) is 11.6 Å². The number of aliphatic hydroxyl groups excluding tert-OH is 2. The van der Waals surface area contributed by atoms with Gasteiger partial charge in [0.25, 0.3) is 0 Å². The molecule has 2 aromatic heterocycles. The second-order valence-corrected chi connectivity index (χ2v) is 8.61. The zero-order valence-corrected chi connectivity index (χ0v) is 19.8. The Morgan fingerprint density at radius 1 is 1.08 bits per heavy atom. The summed E-state index contributed by atoms with van der Waals surface area (Å²) in [5.74, 6) is -1.89. The van der Waals surface area contributed by atoms with Gasteiger partial charge in [0.2, 0.25) is 0 Å². The molecule has 0 aliphatic carbocycles. The maximum Gasteiger partial charge on any atom is 0.416 e. The van der Waals surface area contributed by atoms with E-state index in [1.54, 1.807) is 0 Å². The lowest BCUT2D eigenvalue weighted by Gasteiger charge is -2.16. The largest absolute Gasteiger partial charge is 0.416 e. The Morgan fingerprint density at radius 2 is 1.76 bits per heavy atom. The van der Waals surface area contributed by atoms with Gasteiger partial charge < -0.3 is 10.2 Å². The number of aliphatic hydroxyl groups is 2. The highest BCUT2D eigenvalue weighted by Gasteiger charge is 2.39. The minimum atomic E-state index is -4.97. The third-order valence-corrected chi connectivity index (χ3v) is 5.67. The molecule has 2 N–H and O–H groups in total. The van der Waals surface area contributed by atoms with E-state index in [1.807, 2.05) is 0 Å². The molecule has 0 saturated heterocycles. The highest BCUT2D eigenvalue weighted by molar-refractivity contribution is 6.30. The lowest BCUT2D eigenvalue weighted by molar-refractivity contribution is -0.207. The topological polar surface area (TPSA) is 98.1 Å². The monoisotopic (exact) mass is 543 g/mol. The molecule has 0 fully saturated rings. The first-order valence-corrected chi connectivity index (χ1v) is 11.1. The van der Waals surface area contributed by atoms with Crippen LogP contribution in [0.1, 0.15) is 24.7 Å². The number of halogens is 6. The summed E-state index contributed by atoms with van der Waals surface area (Å²) in [6.45, 7) is -0.151. The predicted octanol–water partition coefficient (Wildman–Crippen LogP) is 3.85. The van der Waals surface area contributed by atoms with E-state index in [0.29, 0.717) is 10.6 Å². The molecule has 2 heterocycles. The van der Waals surface area contributed by atoms with Crippen molar-refractivity contribution in [2.75, 3.05) is 0 Å². The Balaban J connectivity index is 1.79. The van der Waals surface area contributed by atoms with Crippen LogP contribution in [0.5, 0.6) is 0 Å². The average molecular weight is 544 g/mol. The fraction of sp³-hybridized carbons (Fsp3) is 0.261. The van der Waals surface area contributed by atoms with E-state index in [2.05, 4.69) is 10.1 Å². The molecule has 1 unspecified atom stereocenters. The quantitative estimate of drug-likeness (QED) is 0.345. The van der Waals surface area contributed by atoms with Crippen molar-refractivity contribution in [1.29, 1.82) is 0 Å². The van der Waals surface area contributed by atoms with Crippen LogP contribution in [0.15, 0.2) is 53.5 Å². The third kappa shape index (κ3) is 5.58. The van der Waals surface area contributed by atoms with Crippen LogP contribution in [0.3, 0.4) is 0 Å². The molecule has 196 valence electrons. The van der Waals surface area contributed by atoms with Gasteiger partial charge >= 0.3 is 11.9 Å². The SMILES string of the molecule is C[C@H](O)c1nc(Cn2cc(-c3ccc(Cl)cc3)n(CC(O)C(F)(F)F)c2=O)nn1-c1cc(F)ccc1F. The van der Waals surface area contributed by atoms with Crippen LogP contribution < -0.4 is 5.69 Å². The summed E-state index contributed by atoms with van der Waals surface area (Å²) in [4.78, 5) is 17.2. The maximum absolute atomic E-state index is 14.4. The molecular formula is C23H19ClF5N5O3. The number of hydrogen-bond acceptors (Lipinski definition) is 5. The lowest BCUT2D eigenvalue weighted by atomic mass is 10.1. The molecule has 0 saturated carbocycles. The molecule has 14 heteroatoms. The highest BCUT2D eigenvalue weighted by atomic mass is 35.5. The van der Waals surface area contributed by atoms with Gasteiger partial charge in [-0.05, 0) is 36.8 Å². The molecule has 4 rings (SSSR count). The molecule has 2 aromatic carbocycles. The standard InChI is InChI=1S/C23H19ClF5N5O3/c1-12(35)21-30-20(31-34(21)17-8-15(25)6-7-16(17)26)11-32-9-18(13-2-4-14(24)5-3-13)33(22(32)37)10-19(36)23(27,28)29/h2-9,12,19,35-36H,10-11H2,1H3/t12-,19?/m0/s1. The Bertz CT molecular complexity index is 1480. The zero-order valence-electron chi connectivity index (χ0n) is 19.0. The van der Waals surface area contributed by atoms with Gasteiger partial charge in [-0.1, -0.05) is 23.7 Å². The molecule has 37 heavy (non-hydrogen) atoms. The van der Waals surface area contributed by atoms with Gasteiger partial charge in [0.1, 0.15) is 23.4 Å². The van der Waals surface area contributed by atoms with E-state index < -0.39 is 48.8 Å². The van der Waals surface area contributed by atoms with Crippen molar-refractivity contribution in [1.82, 2.24) is 23.9 Å². The molecule has 0 spiro atoms. The van der Waals surface area contributed by atoms with Crippen LogP contribution in [-0.4, -0.2) is 46.4 Å². The van der Waals surface area contributed by atoms with Gasteiger partial charge in [-0.2, -0.15) is 13.2 Å². The molecule has 8 nitrogen and oxygen atoms in total. The van der Waals surface area contributed by atoms with Gasteiger partial charge in [-0.15, -0.1) is 5.10 Å². The van der Waals surface area contributed by atoms with Crippen LogP contribution in [0.4, 0.5) is 22.0 Å². The minimum absolute atomic E-state index is 0.0522. The number of aromatic nitrogens is 5. The molecule has 0 bridgehead atoms. The van der Waals surface area contributed by atoms with Crippen LogP contribution in [0.2, 0.25) is 5.02 Å². The average Bonchev–Trinajstić information content (AvgIpc) is 3.38. The summed E-state index contributed by atoms with van der Waals surface area (Å²) < 4.78 is 69.9. The zero-order chi connectivity index (χ0) is 27.1. The number of hydrogen-bond donors (Lipinski definition) is 2. The van der Waals surface area contributed by atoms with E-state index in [9.17, 15) is 37.0 Å². The highest BCUT2D eigenvalue weighted by Crippen LogP contribution is 2.26. The van der Waals surface area contributed by atoms with Crippen molar-refractivity contribution in [3.8, 4) is 16.9 Å². The Morgan fingerprint density at radius 3 is 2.38 bits per heavy atom. The Labute approximate surface area is 210 Å². The molecular weight excluding hydrogens is 525 g/mol. The van der Waals surface area contributed by atoms with Crippen molar-refractivity contribution < 1.29 is 32.2 Å².